The molecule has 5 N–H and O–H groups in total. The zero-order chi connectivity index (χ0) is 43.5. The summed E-state index contributed by atoms with van der Waals surface area (Å²) >= 11 is 0. The number of hydrogen-bond acceptors (Lipinski definition) is 8. The Morgan fingerprint density at radius 1 is 0.613 bits per heavy atom. The van der Waals surface area contributed by atoms with Crippen LogP contribution in [0.25, 0.3) is 0 Å². The molecule has 0 atom stereocenters. The normalized spacial score (nSPS) is 19.8. The molecule has 3 aliphatic rings. The van der Waals surface area contributed by atoms with Gasteiger partial charge in [0.15, 0.2) is 23.0 Å². The third-order valence-electron chi connectivity index (χ3n) is 13.6. The minimum atomic E-state index is -0.709. The van der Waals surface area contributed by atoms with Crippen LogP contribution in [-0.4, -0.2) is 21.8 Å². The van der Waals surface area contributed by atoms with Crippen LogP contribution in [0.5, 0.6) is 34.5 Å². The van der Waals surface area contributed by atoms with Crippen molar-refractivity contribution < 1.29 is 29.3 Å². The van der Waals surface area contributed by atoms with Crippen molar-refractivity contribution in [3.63, 3.8) is 0 Å². The van der Waals surface area contributed by atoms with Crippen molar-refractivity contribution in [2.75, 3.05) is 11.1 Å². The average molecular weight is 835 g/mol. The molecule has 0 aliphatic heterocycles. The molecule has 8 rings (SSSR count). The smallest absolute Gasteiger partial charge is 0.200 e. The molecule has 0 bridgehead atoms. The summed E-state index contributed by atoms with van der Waals surface area (Å²) in [4.78, 5) is 29.3. The Morgan fingerprint density at radius 3 is 1.53 bits per heavy atom. The van der Waals surface area contributed by atoms with Crippen molar-refractivity contribution >= 4 is 28.6 Å². The number of carbonyl (C=O) groups is 2. The van der Waals surface area contributed by atoms with E-state index in [0.717, 1.165) is 23.8 Å². The quantitative estimate of drug-likeness (QED) is 0.0630. The highest BCUT2D eigenvalue weighted by Gasteiger charge is 2.40. The second-order valence-corrected chi connectivity index (χ2v) is 18.5. The van der Waals surface area contributed by atoms with Crippen molar-refractivity contribution in [2.24, 2.45) is 17.8 Å². The number of nitrogen functional groups attached to an aromatic ring is 1. The fourth-order valence-electron chi connectivity index (χ4n) is 10.3. The summed E-state index contributed by atoms with van der Waals surface area (Å²) in [6.07, 6.45) is 15.6. The zero-order valence-electron chi connectivity index (χ0n) is 36.8. The van der Waals surface area contributed by atoms with E-state index in [1.807, 2.05) is 48.5 Å². The molecule has 2 saturated carbocycles. The summed E-state index contributed by atoms with van der Waals surface area (Å²) in [6, 6.07) is 26.6. The van der Waals surface area contributed by atoms with E-state index in [4.69, 9.17) is 15.2 Å². The number of anilines is 3. The number of phenolic OH excluding ortho intramolecular Hbond substituents is 2. The number of nitrogens with two attached hydrogens (primary N) is 1. The SMILES string of the molecule is CCCC1CCC(c2ccc(Oc3cc(N)c4c(c3O)C(=O)c3c(Nc5ccc(CC(C)C)cc5)cc(Oc5ccc(C6CCC(CCC)CC6)cc5)c(O)c3C4=O)cc2)CC1. The molecule has 5 aromatic carbocycles. The van der Waals surface area contributed by atoms with E-state index in [2.05, 4.69) is 57.3 Å². The molecule has 0 heterocycles. The van der Waals surface area contributed by atoms with Crippen molar-refractivity contribution in [2.45, 2.75) is 123 Å². The summed E-state index contributed by atoms with van der Waals surface area (Å²) in [7, 11) is 0. The van der Waals surface area contributed by atoms with Crippen LogP contribution in [0.2, 0.25) is 0 Å². The van der Waals surface area contributed by atoms with Gasteiger partial charge in [-0.25, -0.2) is 0 Å². The van der Waals surface area contributed by atoms with Gasteiger partial charge in [0.2, 0.25) is 11.6 Å². The summed E-state index contributed by atoms with van der Waals surface area (Å²) in [5.41, 5.74) is 10.3. The summed E-state index contributed by atoms with van der Waals surface area (Å²) in [5.74, 6) is 1.63. The zero-order valence-corrected chi connectivity index (χ0v) is 36.8. The van der Waals surface area contributed by atoms with Gasteiger partial charge in [-0.2, -0.15) is 0 Å². The topological polar surface area (TPSA) is 131 Å². The lowest BCUT2D eigenvalue weighted by atomic mass is 9.77. The van der Waals surface area contributed by atoms with Crippen molar-refractivity contribution in [1.82, 2.24) is 0 Å². The number of fused-ring (bicyclic) bond motifs is 2. The van der Waals surface area contributed by atoms with Crippen LogP contribution >= 0.6 is 0 Å². The van der Waals surface area contributed by atoms with E-state index in [-0.39, 0.29) is 45.1 Å². The first-order chi connectivity index (χ1) is 30.0. The molecule has 0 spiro atoms. The molecule has 324 valence electrons. The van der Waals surface area contributed by atoms with E-state index in [1.165, 1.54) is 100 Å². The maximum absolute atomic E-state index is 14.8. The van der Waals surface area contributed by atoms with Crippen LogP contribution in [0.3, 0.4) is 0 Å². The fourth-order valence-corrected chi connectivity index (χ4v) is 10.3. The molecule has 0 aromatic heterocycles. The van der Waals surface area contributed by atoms with Crippen LogP contribution in [0.15, 0.2) is 84.9 Å². The van der Waals surface area contributed by atoms with E-state index in [9.17, 15) is 19.8 Å². The first-order valence-corrected chi connectivity index (χ1v) is 23.1. The van der Waals surface area contributed by atoms with Gasteiger partial charge < -0.3 is 30.7 Å². The Bertz CT molecular complexity index is 2390. The summed E-state index contributed by atoms with van der Waals surface area (Å²) in [5, 5.41) is 26.9. The summed E-state index contributed by atoms with van der Waals surface area (Å²) < 4.78 is 12.5. The van der Waals surface area contributed by atoms with Gasteiger partial charge in [0.1, 0.15) is 11.5 Å². The molecule has 5 aromatic rings. The maximum Gasteiger partial charge on any atom is 0.200 e. The second kappa shape index (κ2) is 18.7. The number of aromatic hydroxyl groups is 2. The average Bonchev–Trinajstić information content (AvgIpc) is 3.27. The molecular weight excluding hydrogens is 773 g/mol. The molecule has 2 fully saturated rings. The molecule has 0 radical (unpaired) electrons. The molecule has 0 unspecified atom stereocenters. The number of hydrogen-bond donors (Lipinski definition) is 4. The summed E-state index contributed by atoms with van der Waals surface area (Å²) in [6.45, 7) is 8.84. The highest BCUT2D eigenvalue weighted by molar-refractivity contribution is 6.34. The molecule has 62 heavy (non-hydrogen) atoms. The Hall–Kier alpha value is -5.76. The Kier molecular flexibility index (Phi) is 12.9. The lowest BCUT2D eigenvalue weighted by Crippen LogP contribution is -2.24. The first kappa shape index (κ1) is 42.9. The number of carbonyl (C=O) groups excluding carboxylic acids is 2. The predicted molar refractivity (Wildman–Crippen MR) is 248 cm³/mol. The fraction of sp³-hybridized carbons (Fsp3) is 0.407. The second-order valence-electron chi connectivity index (χ2n) is 18.5. The maximum atomic E-state index is 14.8. The molecule has 8 heteroatoms. The Labute approximate surface area is 366 Å². The van der Waals surface area contributed by atoms with Gasteiger partial charge in [-0.1, -0.05) is 89.8 Å². The minimum absolute atomic E-state index is 0.000277. The van der Waals surface area contributed by atoms with Gasteiger partial charge in [-0.15, -0.1) is 0 Å². The first-order valence-electron chi connectivity index (χ1n) is 23.1. The van der Waals surface area contributed by atoms with Gasteiger partial charge >= 0.3 is 0 Å². The largest absolute Gasteiger partial charge is 0.504 e. The predicted octanol–water partition coefficient (Wildman–Crippen LogP) is 14.1. The molecule has 8 nitrogen and oxygen atoms in total. The Morgan fingerprint density at radius 2 is 1.06 bits per heavy atom. The van der Waals surface area contributed by atoms with E-state index in [0.29, 0.717) is 34.9 Å². The number of rotatable bonds is 14. The Balaban J connectivity index is 1.10. The van der Waals surface area contributed by atoms with E-state index in [1.54, 1.807) is 0 Å². The van der Waals surface area contributed by atoms with Crippen LogP contribution < -0.4 is 20.5 Å². The van der Waals surface area contributed by atoms with Gasteiger partial charge in [0, 0.05) is 23.5 Å². The van der Waals surface area contributed by atoms with Crippen LogP contribution in [0.4, 0.5) is 17.1 Å². The molecule has 0 amide bonds. The van der Waals surface area contributed by atoms with Crippen LogP contribution in [0, 0.1) is 17.8 Å². The van der Waals surface area contributed by atoms with Gasteiger partial charge in [-0.05, 0) is 140 Å². The minimum Gasteiger partial charge on any atom is -0.504 e. The standard InChI is InChI=1S/C54H62N2O6/c1-5-7-33-9-15-36(16-10-33)38-19-25-41(26-20-38)61-45-30-43(55)47-49(51(45)57)54(60)48-44(56-40-23-13-35(14-24-40)29-32(3)4)31-46(52(58)50(48)53(47)59)62-42-27-21-39(22-28-42)37-17-11-34(8-6-2)12-18-37/h13-14,19-28,30-34,36-37,56-58H,5-12,15-18,29,55H2,1-4H3. The number of ether oxygens (including phenoxy) is 2. The molecular formula is C54H62N2O6. The number of phenols is 2. The number of benzene rings is 5. The highest BCUT2D eigenvalue weighted by atomic mass is 16.5. The van der Waals surface area contributed by atoms with Crippen LogP contribution in [-0.2, 0) is 6.42 Å². The lowest BCUT2D eigenvalue weighted by molar-refractivity contribution is 0.0974. The van der Waals surface area contributed by atoms with Crippen molar-refractivity contribution in [1.29, 1.82) is 0 Å². The van der Waals surface area contributed by atoms with E-state index >= 15 is 0 Å². The van der Waals surface area contributed by atoms with Gasteiger partial charge in [0.25, 0.3) is 0 Å². The lowest BCUT2D eigenvalue weighted by Gasteiger charge is -2.28. The third kappa shape index (κ3) is 9.06. The number of nitrogens with one attached hydrogen (secondary N) is 1. The third-order valence-corrected chi connectivity index (χ3v) is 13.6. The monoisotopic (exact) mass is 834 g/mol. The van der Waals surface area contributed by atoms with Crippen molar-refractivity contribution in [3.05, 3.63) is 124 Å². The van der Waals surface area contributed by atoms with Gasteiger partial charge in [-0.3, -0.25) is 9.59 Å². The van der Waals surface area contributed by atoms with Crippen molar-refractivity contribution in [3.8, 4) is 34.5 Å². The molecule has 3 aliphatic carbocycles. The molecule has 0 saturated heterocycles. The van der Waals surface area contributed by atoms with Gasteiger partial charge in [0.05, 0.1) is 27.9 Å². The number of ketones is 2. The van der Waals surface area contributed by atoms with Crippen LogP contribution in [0.1, 0.15) is 165 Å². The van der Waals surface area contributed by atoms with E-state index < -0.39 is 23.1 Å². The highest BCUT2D eigenvalue weighted by Crippen LogP contribution is 2.50.